The summed E-state index contributed by atoms with van der Waals surface area (Å²) in [6, 6.07) is 25.7. The molecule has 4 nitrogen and oxygen atoms in total. The molecule has 0 spiro atoms. The van der Waals surface area contributed by atoms with Crippen LogP contribution in [0.5, 0.6) is 11.5 Å². The van der Waals surface area contributed by atoms with E-state index in [0.717, 1.165) is 12.0 Å². The number of hydrogen-bond donors (Lipinski definition) is 1. The molecule has 0 aromatic heterocycles. The number of para-hydroxylation sites is 2. The van der Waals surface area contributed by atoms with Crippen molar-refractivity contribution in [3.63, 3.8) is 0 Å². The number of anilines is 1. The topological polar surface area (TPSA) is 47.6 Å². The van der Waals surface area contributed by atoms with Gasteiger partial charge in [-0.05, 0) is 48.4 Å². The zero-order valence-corrected chi connectivity index (χ0v) is 14.9. The fraction of sp³-hybridized carbons (Fsp3) is 0.100. The molecule has 0 amide bonds. The Hall–Kier alpha value is -2.71. The minimum atomic E-state index is -3.67. The molecule has 0 saturated carbocycles. The Morgan fingerprint density at radius 2 is 1.36 bits per heavy atom. The maximum Gasteiger partial charge on any atom is 0.541 e. The zero-order chi connectivity index (χ0) is 17.5. The van der Waals surface area contributed by atoms with Gasteiger partial charge < -0.3 is 9.05 Å². The molecule has 1 N–H and O–H groups in total. The highest BCUT2D eigenvalue weighted by Crippen LogP contribution is 2.48. The highest BCUT2D eigenvalue weighted by atomic mass is 31.2. The lowest BCUT2D eigenvalue weighted by molar-refractivity contribution is 0.393. The van der Waals surface area contributed by atoms with Crippen molar-refractivity contribution in [3.8, 4) is 11.5 Å². The van der Waals surface area contributed by atoms with Gasteiger partial charge in [-0.1, -0.05) is 55.5 Å². The van der Waals surface area contributed by atoms with E-state index in [1.165, 1.54) is 0 Å². The van der Waals surface area contributed by atoms with Gasteiger partial charge in [0.05, 0.1) is 0 Å². The molecular formula is C20H20NO3P. The lowest BCUT2D eigenvalue weighted by atomic mass is 10.1. The van der Waals surface area contributed by atoms with E-state index < -0.39 is 7.75 Å². The second kappa shape index (κ2) is 7.91. The van der Waals surface area contributed by atoms with Crippen LogP contribution < -0.4 is 14.1 Å². The molecule has 0 aliphatic rings. The fourth-order valence-corrected chi connectivity index (χ4v) is 3.71. The molecule has 0 atom stereocenters. The van der Waals surface area contributed by atoms with Gasteiger partial charge in [-0.3, -0.25) is 5.09 Å². The van der Waals surface area contributed by atoms with Crippen molar-refractivity contribution in [3.05, 3.63) is 90.5 Å². The molecule has 0 fully saturated rings. The largest absolute Gasteiger partial charge is 0.541 e. The number of hydrogen-bond acceptors (Lipinski definition) is 3. The minimum Gasteiger partial charge on any atom is -0.400 e. The smallest absolute Gasteiger partial charge is 0.400 e. The highest BCUT2D eigenvalue weighted by Gasteiger charge is 2.29. The third kappa shape index (κ3) is 4.88. The molecule has 5 heteroatoms. The quantitative estimate of drug-likeness (QED) is 0.535. The zero-order valence-electron chi connectivity index (χ0n) is 14.0. The summed E-state index contributed by atoms with van der Waals surface area (Å²) >= 11 is 0. The molecule has 0 aliphatic carbocycles. The predicted molar refractivity (Wildman–Crippen MR) is 101 cm³/mol. The van der Waals surface area contributed by atoms with Crippen LogP contribution in [-0.4, -0.2) is 0 Å². The average Bonchev–Trinajstić information content (AvgIpc) is 2.63. The summed E-state index contributed by atoms with van der Waals surface area (Å²) in [7, 11) is -3.67. The lowest BCUT2D eigenvalue weighted by Crippen LogP contribution is -2.10. The minimum absolute atomic E-state index is 0.473. The normalized spacial score (nSPS) is 10.9. The third-order valence-corrected chi connectivity index (χ3v) is 4.97. The van der Waals surface area contributed by atoms with Crippen molar-refractivity contribution in [1.82, 2.24) is 0 Å². The molecule has 0 aliphatic heterocycles. The van der Waals surface area contributed by atoms with Crippen molar-refractivity contribution >= 4 is 13.4 Å². The van der Waals surface area contributed by atoms with Gasteiger partial charge >= 0.3 is 7.75 Å². The number of rotatable bonds is 7. The molecule has 0 unspecified atom stereocenters. The van der Waals surface area contributed by atoms with Crippen LogP contribution in [0.25, 0.3) is 0 Å². The van der Waals surface area contributed by atoms with Gasteiger partial charge in [0.1, 0.15) is 11.5 Å². The SMILES string of the molecule is CCc1cccc(NP(=O)(Oc2ccccc2)Oc2ccccc2)c1. The van der Waals surface area contributed by atoms with Crippen molar-refractivity contribution in [1.29, 1.82) is 0 Å². The molecule has 0 saturated heterocycles. The van der Waals surface area contributed by atoms with E-state index in [4.69, 9.17) is 9.05 Å². The van der Waals surface area contributed by atoms with E-state index in [0.29, 0.717) is 17.2 Å². The van der Waals surface area contributed by atoms with Crippen molar-refractivity contribution in [2.24, 2.45) is 0 Å². The molecule has 3 aromatic carbocycles. The van der Waals surface area contributed by atoms with Crippen molar-refractivity contribution in [2.75, 3.05) is 5.09 Å². The van der Waals surface area contributed by atoms with Crippen molar-refractivity contribution in [2.45, 2.75) is 13.3 Å². The second-order valence-electron chi connectivity index (χ2n) is 5.47. The van der Waals surface area contributed by atoms with Crippen LogP contribution in [-0.2, 0) is 11.0 Å². The summed E-state index contributed by atoms with van der Waals surface area (Å²) in [6.07, 6.45) is 0.888. The summed E-state index contributed by atoms with van der Waals surface area (Å²) in [4.78, 5) is 0. The second-order valence-corrected chi connectivity index (χ2v) is 7.06. The van der Waals surface area contributed by atoms with Gasteiger partial charge in [0.2, 0.25) is 0 Å². The number of benzene rings is 3. The Balaban J connectivity index is 1.88. The molecule has 25 heavy (non-hydrogen) atoms. The fourth-order valence-electron chi connectivity index (χ4n) is 2.32. The van der Waals surface area contributed by atoms with Crippen LogP contribution in [0, 0.1) is 0 Å². The van der Waals surface area contributed by atoms with Crippen LogP contribution in [0.2, 0.25) is 0 Å². The Kier molecular flexibility index (Phi) is 5.42. The van der Waals surface area contributed by atoms with Crippen LogP contribution in [0.4, 0.5) is 5.69 Å². The first kappa shape index (κ1) is 17.1. The molecular weight excluding hydrogens is 333 g/mol. The van der Waals surface area contributed by atoms with Gasteiger partial charge in [0, 0.05) is 5.69 Å². The molecule has 3 rings (SSSR count). The molecule has 0 heterocycles. The van der Waals surface area contributed by atoms with Crippen LogP contribution >= 0.6 is 7.75 Å². The number of aryl methyl sites for hydroxylation is 1. The molecule has 0 bridgehead atoms. The Morgan fingerprint density at radius 1 is 0.800 bits per heavy atom. The third-order valence-electron chi connectivity index (χ3n) is 3.54. The maximum atomic E-state index is 13.4. The monoisotopic (exact) mass is 353 g/mol. The van der Waals surface area contributed by atoms with E-state index in [9.17, 15) is 4.57 Å². The van der Waals surface area contributed by atoms with Crippen LogP contribution in [0.15, 0.2) is 84.9 Å². The van der Waals surface area contributed by atoms with E-state index >= 15 is 0 Å². The van der Waals surface area contributed by atoms with E-state index in [1.807, 2.05) is 60.7 Å². The molecule has 0 radical (unpaired) electrons. The summed E-state index contributed by atoms with van der Waals surface area (Å²) in [5, 5.41) is 2.94. The Morgan fingerprint density at radius 3 is 1.88 bits per heavy atom. The average molecular weight is 353 g/mol. The highest BCUT2D eigenvalue weighted by molar-refractivity contribution is 7.56. The summed E-state index contributed by atoms with van der Waals surface area (Å²) in [5.41, 5.74) is 1.82. The summed E-state index contributed by atoms with van der Waals surface area (Å²) in [6.45, 7) is 2.07. The summed E-state index contributed by atoms with van der Waals surface area (Å²) < 4.78 is 24.8. The van der Waals surface area contributed by atoms with E-state index in [2.05, 4.69) is 12.0 Å². The predicted octanol–water partition coefficient (Wildman–Crippen LogP) is 5.93. The number of nitrogens with one attached hydrogen (secondary N) is 1. The van der Waals surface area contributed by atoms with E-state index in [-0.39, 0.29) is 0 Å². The lowest BCUT2D eigenvalue weighted by Gasteiger charge is -2.21. The maximum absolute atomic E-state index is 13.4. The van der Waals surface area contributed by atoms with Crippen LogP contribution in [0.3, 0.4) is 0 Å². The van der Waals surface area contributed by atoms with Gasteiger partial charge in [-0.25, -0.2) is 4.57 Å². The van der Waals surface area contributed by atoms with Crippen molar-refractivity contribution < 1.29 is 13.6 Å². The first-order valence-electron chi connectivity index (χ1n) is 8.13. The first-order valence-corrected chi connectivity index (χ1v) is 9.68. The van der Waals surface area contributed by atoms with E-state index in [1.54, 1.807) is 24.3 Å². The molecule has 128 valence electrons. The van der Waals surface area contributed by atoms with Gasteiger partial charge in [-0.2, -0.15) is 0 Å². The Bertz CT molecular complexity index is 808. The van der Waals surface area contributed by atoms with Gasteiger partial charge in [0.15, 0.2) is 0 Å². The van der Waals surface area contributed by atoms with Gasteiger partial charge in [-0.15, -0.1) is 0 Å². The first-order chi connectivity index (χ1) is 12.2. The standard InChI is InChI=1S/C20H20NO3P/c1-2-17-10-9-11-18(16-17)21-25(22,23-19-12-5-3-6-13-19)24-20-14-7-4-8-15-20/h3-16H,2H2,1H3,(H,21,22). The Labute approximate surface area is 148 Å². The van der Waals surface area contributed by atoms with Crippen LogP contribution in [0.1, 0.15) is 12.5 Å². The summed E-state index contributed by atoms with van der Waals surface area (Å²) in [5.74, 6) is 0.946. The molecule has 3 aromatic rings. The van der Waals surface area contributed by atoms with Gasteiger partial charge in [0.25, 0.3) is 0 Å².